The van der Waals surface area contributed by atoms with Crippen molar-refractivity contribution in [3.63, 3.8) is 0 Å². The van der Waals surface area contributed by atoms with Crippen LogP contribution in [0.3, 0.4) is 0 Å². The fraction of sp³-hybridized carbons (Fsp3) is 0.432. The first-order valence-electron chi connectivity index (χ1n) is 16.2. The number of hydrogen-bond donors (Lipinski definition) is 4. The summed E-state index contributed by atoms with van der Waals surface area (Å²) in [6, 6.07) is 6.14. The van der Waals surface area contributed by atoms with E-state index in [0.717, 1.165) is 79.9 Å². The molecule has 4 N–H and O–H groups in total. The van der Waals surface area contributed by atoms with Crippen LogP contribution in [0.1, 0.15) is 109 Å². The molecule has 1 saturated heterocycles. The van der Waals surface area contributed by atoms with Gasteiger partial charge in [-0.3, -0.25) is 9.78 Å². The smallest absolute Gasteiger partial charge is 0.220 e. The topological polar surface area (TPSA) is 116 Å². The second kappa shape index (κ2) is 12.4. The summed E-state index contributed by atoms with van der Waals surface area (Å²) in [6.45, 7) is 17.5. The lowest BCUT2D eigenvalue weighted by molar-refractivity contribution is -0.150. The molecule has 3 aliphatic heterocycles. The molecule has 3 aromatic rings. The summed E-state index contributed by atoms with van der Waals surface area (Å²) in [5.41, 5.74) is 14.8. The zero-order chi connectivity index (χ0) is 32.0. The third-order valence-corrected chi connectivity index (χ3v) is 10.00. The van der Waals surface area contributed by atoms with Crippen molar-refractivity contribution >= 4 is 45.7 Å². The average Bonchev–Trinajstić information content (AvgIpc) is 3.71. The molecule has 0 aliphatic carbocycles. The van der Waals surface area contributed by atoms with Gasteiger partial charge in [-0.15, -0.1) is 0 Å². The summed E-state index contributed by atoms with van der Waals surface area (Å²) in [4.78, 5) is 30.8. The zero-order valence-corrected chi connectivity index (χ0v) is 27.3. The molecule has 1 fully saturated rings. The van der Waals surface area contributed by atoms with E-state index in [9.17, 15) is 9.90 Å². The Balaban J connectivity index is 1.51. The number of aromatic nitrogens is 4. The maximum atomic E-state index is 13.1. The van der Waals surface area contributed by atoms with Crippen molar-refractivity contribution < 1.29 is 14.6 Å². The minimum atomic E-state index is -0.953. The van der Waals surface area contributed by atoms with E-state index in [1.165, 1.54) is 11.1 Å². The monoisotopic (exact) mass is 607 g/mol. The lowest BCUT2D eigenvalue weighted by Crippen LogP contribution is -2.47. The van der Waals surface area contributed by atoms with E-state index in [0.29, 0.717) is 25.9 Å². The van der Waals surface area contributed by atoms with Crippen LogP contribution >= 0.6 is 0 Å². The Morgan fingerprint density at radius 1 is 1.07 bits per heavy atom. The van der Waals surface area contributed by atoms with Crippen LogP contribution in [0.15, 0.2) is 24.8 Å². The first kappa shape index (κ1) is 31.0. The van der Waals surface area contributed by atoms with E-state index in [-0.39, 0.29) is 23.8 Å². The number of aliphatic hydroxyl groups is 1. The number of carbonyl (C=O) groups is 1. The summed E-state index contributed by atoms with van der Waals surface area (Å²) >= 11 is 0. The van der Waals surface area contributed by atoms with Crippen LogP contribution in [0.2, 0.25) is 0 Å². The average molecular weight is 608 g/mol. The first-order chi connectivity index (χ1) is 21.6. The third-order valence-electron chi connectivity index (χ3n) is 10.00. The fourth-order valence-electron chi connectivity index (χ4n) is 7.16. The quantitative estimate of drug-likeness (QED) is 0.235. The highest BCUT2D eigenvalue weighted by molar-refractivity contribution is 5.86. The normalized spacial score (nSPS) is 21.4. The number of rotatable bonds is 6. The van der Waals surface area contributed by atoms with Crippen LogP contribution in [-0.2, 0) is 16.0 Å². The maximum Gasteiger partial charge on any atom is 0.220 e. The van der Waals surface area contributed by atoms with E-state index in [1.807, 2.05) is 6.08 Å². The highest BCUT2D eigenvalue weighted by Gasteiger charge is 2.32. The molecule has 1 amide bonds. The van der Waals surface area contributed by atoms with Crippen LogP contribution in [0.25, 0.3) is 39.8 Å². The minimum Gasteiger partial charge on any atom is -0.366 e. The summed E-state index contributed by atoms with van der Waals surface area (Å²) in [5.74, 6) is 0.0490. The number of amides is 1. The van der Waals surface area contributed by atoms with Crippen molar-refractivity contribution in [2.24, 2.45) is 0 Å². The number of nitrogens with one attached hydrogen (secondary N) is 3. The van der Waals surface area contributed by atoms with Gasteiger partial charge in [-0.1, -0.05) is 26.5 Å². The molecule has 3 aromatic heterocycles. The first-order valence-corrected chi connectivity index (χ1v) is 16.2. The Bertz CT molecular complexity index is 1860. The second-order valence-electron chi connectivity index (χ2n) is 12.8. The van der Waals surface area contributed by atoms with Crippen molar-refractivity contribution in [2.45, 2.75) is 97.8 Å². The number of ether oxygens (including phenoxy) is 1. The number of nitrogens with zero attached hydrogens (tertiary/aromatic N) is 2. The molecule has 236 valence electrons. The van der Waals surface area contributed by atoms with Gasteiger partial charge in [0.15, 0.2) is 6.29 Å². The molecule has 3 unspecified atom stereocenters. The highest BCUT2D eigenvalue weighted by Crippen LogP contribution is 2.42. The van der Waals surface area contributed by atoms with Crippen molar-refractivity contribution in [2.75, 3.05) is 6.61 Å². The number of H-pyrrole nitrogens is 2. The fourth-order valence-corrected chi connectivity index (χ4v) is 7.16. The largest absolute Gasteiger partial charge is 0.366 e. The van der Waals surface area contributed by atoms with Gasteiger partial charge in [0, 0.05) is 63.9 Å². The Hall–Kier alpha value is -4.01. The Morgan fingerprint density at radius 2 is 1.82 bits per heavy atom. The van der Waals surface area contributed by atoms with Gasteiger partial charge in [0.25, 0.3) is 0 Å². The molecule has 4 atom stereocenters. The van der Waals surface area contributed by atoms with E-state index in [1.54, 1.807) is 0 Å². The molecular weight excluding hydrogens is 562 g/mol. The van der Waals surface area contributed by atoms with Gasteiger partial charge in [0.05, 0.1) is 17.4 Å². The van der Waals surface area contributed by atoms with E-state index >= 15 is 0 Å². The molecule has 8 heteroatoms. The number of carbonyl (C=O) groups excluding carboxylic acids is 1. The molecule has 0 radical (unpaired) electrons. The van der Waals surface area contributed by atoms with Gasteiger partial charge in [-0.25, -0.2) is 4.98 Å². The van der Waals surface area contributed by atoms with Crippen molar-refractivity contribution in [1.29, 1.82) is 0 Å². The predicted octanol–water partition coefficient (Wildman–Crippen LogP) is 7.29. The molecule has 6 heterocycles. The van der Waals surface area contributed by atoms with E-state index in [2.05, 4.69) is 87.7 Å². The summed E-state index contributed by atoms with van der Waals surface area (Å²) in [5, 5.41) is 13.2. The lowest BCUT2D eigenvalue weighted by atomic mass is 9.85. The van der Waals surface area contributed by atoms with Crippen LogP contribution in [0.4, 0.5) is 0 Å². The standard InChI is InChI=1S/C37H45N5O3/c1-8-24-21(5)31-18-34-25(9-2)20(4)30(39-34)17-32-22(6)26(12-13-35(43)41-27-11-10-14-45-37(27)44)36(42-32)23(7)29-15-19(3)28(38-29)16-33(24)40-31/h9,15-18,22,26-27,37,39-40,44H,2,8,10-14H2,1,3-7H3,(H,41,43)/t22?,26-,27?,37?/m0/s1. The second-order valence-corrected chi connectivity index (χ2v) is 12.8. The van der Waals surface area contributed by atoms with Gasteiger partial charge in [0.2, 0.25) is 5.91 Å². The molecule has 0 saturated carbocycles. The Labute approximate surface area is 265 Å². The zero-order valence-electron chi connectivity index (χ0n) is 27.3. The lowest BCUT2D eigenvalue weighted by Gasteiger charge is -2.28. The molecule has 45 heavy (non-hydrogen) atoms. The van der Waals surface area contributed by atoms with E-state index < -0.39 is 6.29 Å². The van der Waals surface area contributed by atoms with Gasteiger partial charge < -0.3 is 25.1 Å². The van der Waals surface area contributed by atoms with E-state index in [4.69, 9.17) is 14.7 Å². The van der Waals surface area contributed by atoms with Crippen LogP contribution in [-0.4, -0.2) is 49.9 Å². The molecule has 8 nitrogen and oxygen atoms in total. The van der Waals surface area contributed by atoms with Crippen LogP contribution in [0, 0.1) is 20.8 Å². The third kappa shape index (κ3) is 5.77. The SMILES string of the molecule is C=Cc1c(C)c2cc3nc(c(C)c4nc(cc5[nH]c(cc1[nH]2)c(C)c5CC)C(C)=C4)[C@@H](CCC(=O)NC1CCCOC1O)C3C. The molecule has 0 spiro atoms. The molecule has 6 rings (SSSR count). The minimum absolute atomic E-state index is 0.0368. The van der Waals surface area contributed by atoms with Crippen LogP contribution < -0.4 is 5.32 Å². The van der Waals surface area contributed by atoms with Crippen molar-refractivity contribution in [3.8, 4) is 0 Å². The van der Waals surface area contributed by atoms with Gasteiger partial charge in [-0.2, -0.15) is 0 Å². The van der Waals surface area contributed by atoms with Crippen LogP contribution in [0.5, 0.6) is 0 Å². The maximum absolute atomic E-state index is 13.1. The predicted molar refractivity (Wildman–Crippen MR) is 182 cm³/mol. The molecule has 0 aromatic carbocycles. The van der Waals surface area contributed by atoms with Gasteiger partial charge in [-0.05, 0) is 105 Å². The molecule has 8 bridgehead atoms. The van der Waals surface area contributed by atoms with Crippen molar-refractivity contribution in [3.05, 3.63) is 75.4 Å². The number of aliphatic hydroxyl groups excluding tert-OH is 1. The number of fused-ring (bicyclic) bond motifs is 8. The van der Waals surface area contributed by atoms with Crippen molar-refractivity contribution in [1.82, 2.24) is 25.3 Å². The number of hydrogen-bond acceptors (Lipinski definition) is 5. The van der Waals surface area contributed by atoms with Gasteiger partial charge >= 0.3 is 0 Å². The number of aromatic amines is 2. The summed E-state index contributed by atoms with van der Waals surface area (Å²) < 4.78 is 5.34. The number of aryl methyl sites for hydroxylation is 3. The highest BCUT2D eigenvalue weighted by atomic mass is 16.6. The van der Waals surface area contributed by atoms with Gasteiger partial charge in [0.1, 0.15) is 0 Å². The molecule has 3 aliphatic rings. The molecular formula is C37H45N5O3. The summed E-state index contributed by atoms with van der Waals surface area (Å²) in [7, 11) is 0. The number of allylic oxidation sites excluding steroid dienone is 1. The summed E-state index contributed by atoms with van der Waals surface area (Å²) in [6.07, 6.45) is 6.52. The Morgan fingerprint density at radius 3 is 2.56 bits per heavy atom. The Kier molecular flexibility index (Phi) is 8.55.